The number of hydrogen-bond donors (Lipinski definition) is 3. The van der Waals surface area contributed by atoms with Crippen molar-refractivity contribution >= 4 is 12.1 Å². The Labute approximate surface area is 190 Å². The third-order valence-electron chi connectivity index (χ3n) is 6.20. The Morgan fingerprint density at radius 1 is 1.25 bits per heavy atom. The van der Waals surface area contributed by atoms with Gasteiger partial charge in [-0.1, -0.05) is 18.2 Å². The van der Waals surface area contributed by atoms with Crippen molar-refractivity contribution in [1.82, 2.24) is 10.2 Å². The van der Waals surface area contributed by atoms with E-state index < -0.39 is 0 Å². The van der Waals surface area contributed by atoms with E-state index in [1.165, 1.54) is 22.3 Å². The number of piperidine rings is 1. The summed E-state index contributed by atoms with van der Waals surface area (Å²) in [6.45, 7) is 7.77. The lowest BCUT2D eigenvalue weighted by atomic mass is 9.92. The molecule has 0 unspecified atom stereocenters. The minimum absolute atomic E-state index is 0.163. The number of rotatable bonds is 10. The fraction of sp³-hybridized carbons (Fsp3) is 0.440. The first-order chi connectivity index (χ1) is 15.5. The van der Waals surface area contributed by atoms with E-state index in [2.05, 4.69) is 53.8 Å². The Kier molecular flexibility index (Phi) is 8.48. The van der Waals surface area contributed by atoms with E-state index in [9.17, 15) is 10.1 Å². The minimum atomic E-state index is 0.163. The van der Waals surface area contributed by atoms with Gasteiger partial charge in [-0.25, -0.2) is 0 Å². The first kappa shape index (κ1) is 23.6. The summed E-state index contributed by atoms with van der Waals surface area (Å²) in [4.78, 5) is 13.0. The average Bonchev–Trinajstić information content (AvgIpc) is 2.82. The molecule has 1 aliphatic heterocycles. The van der Waals surface area contributed by atoms with Gasteiger partial charge in [0.25, 0.3) is 0 Å². The zero-order chi connectivity index (χ0) is 22.9. The van der Waals surface area contributed by atoms with Crippen LogP contribution in [0.4, 0.5) is 5.69 Å². The smallest absolute Gasteiger partial charge is 0.207 e. The number of benzene rings is 2. The third-order valence-corrected chi connectivity index (χ3v) is 6.20. The highest BCUT2D eigenvalue weighted by molar-refractivity contribution is 5.52. The molecule has 170 valence electrons. The van der Waals surface area contributed by atoms with Crippen LogP contribution in [0, 0.1) is 31.1 Å². The van der Waals surface area contributed by atoms with E-state index >= 15 is 0 Å². The highest BCUT2D eigenvalue weighted by atomic mass is 16.5. The normalized spacial score (nSPS) is 14.6. The van der Waals surface area contributed by atoms with Crippen molar-refractivity contribution in [2.75, 3.05) is 31.7 Å². The molecule has 3 rings (SSSR count). The Morgan fingerprint density at radius 2 is 1.97 bits per heavy atom. The van der Waals surface area contributed by atoms with Crippen LogP contribution in [0.3, 0.4) is 0 Å². The van der Waals surface area contributed by atoms with Crippen LogP contribution < -0.4 is 21.3 Å². The van der Waals surface area contributed by atoms with Crippen LogP contribution in [0.2, 0.25) is 0 Å². The maximum atomic E-state index is 10.6. The van der Waals surface area contributed by atoms with Crippen LogP contribution in [0.15, 0.2) is 30.3 Å². The topological polar surface area (TPSA) is 103 Å². The van der Waals surface area contributed by atoms with Crippen LogP contribution >= 0.6 is 0 Å². The van der Waals surface area contributed by atoms with E-state index in [0.29, 0.717) is 19.6 Å². The highest BCUT2D eigenvalue weighted by Crippen LogP contribution is 2.33. The van der Waals surface area contributed by atoms with Crippen LogP contribution in [0.5, 0.6) is 5.75 Å². The minimum Gasteiger partial charge on any atom is -0.491 e. The number of anilines is 1. The number of hydrazine groups is 1. The number of nitrogens with zero attached hydrogens (tertiary/aromatic N) is 2. The zero-order valence-corrected chi connectivity index (χ0v) is 19.0. The molecule has 7 nitrogen and oxygen atoms in total. The molecule has 1 saturated heterocycles. The number of nitrogens with one attached hydrogen (secondary N) is 2. The maximum Gasteiger partial charge on any atom is 0.207 e. The molecular weight excluding hydrogens is 402 g/mol. The van der Waals surface area contributed by atoms with Gasteiger partial charge in [0.2, 0.25) is 6.41 Å². The van der Waals surface area contributed by atoms with Gasteiger partial charge in [-0.3, -0.25) is 15.5 Å². The molecule has 0 spiro atoms. The second-order valence-corrected chi connectivity index (χ2v) is 8.40. The molecule has 0 aliphatic carbocycles. The second kappa shape index (κ2) is 11.5. The summed E-state index contributed by atoms with van der Waals surface area (Å²) in [5.41, 5.74) is 9.57. The molecule has 32 heavy (non-hydrogen) atoms. The number of nitriles is 1. The highest BCUT2D eigenvalue weighted by Gasteiger charge is 2.22. The predicted octanol–water partition coefficient (Wildman–Crippen LogP) is 3.04. The van der Waals surface area contributed by atoms with Crippen LogP contribution in [-0.2, 0) is 17.8 Å². The molecule has 2 aromatic rings. The molecule has 1 amide bonds. The first-order valence-electron chi connectivity index (χ1n) is 11.1. The monoisotopic (exact) mass is 435 g/mol. The van der Waals surface area contributed by atoms with Gasteiger partial charge in [-0.05, 0) is 80.6 Å². The number of amides is 1. The number of ether oxygens (including phenoxy) is 1. The summed E-state index contributed by atoms with van der Waals surface area (Å²) in [6, 6.07) is 12.8. The first-order valence-corrected chi connectivity index (χ1v) is 11.1. The lowest BCUT2D eigenvalue weighted by molar-refractivity contribution is -0.109. The van der Waals surface area contributed by atoms with E-state index in [1.807, 2.05) is 12.1 Å². The zero-order valence-electron chi connectivity index (χ0n) is 19.0. The van der Waals surface area contributed by atoms with Gasteiger partial charge >= 0.3 is 0 Å². The summed E-state index contributed by atoms with van der Waals surface area (Å²) >= 11 is 0. The van der Waals surface area contributed by atoms with E-state index in [1.54, 1.807) is 0 Å². The number of likely N-dealkylation sites (tertiary alicyclic amines) is 1. The second-order valence-electron chi connectivity index (χ2n) is 8.40. The largest absolute Gasteiger partial charge is 0.491 e. The third kappa shape index (κ3) is 6.00. The summed E-state index contributed by atoms with van der Waals surface area (Å²) in [6.07, 6.45) is 3.34. The van der Waals surface area contributed by atoms with Gasteiger partial charge in [-0.2, -0.15) is 5.26 Å². The molecule has 0 atom stereocenters. The van der Waals surface area contributed by atoms with Crippen LogP contribution in [0.1, 0.15) is 40.7 Å². The van der Waals surface area contributed by atoms with E-state index in [4.69, 9.17) is 10.6 Å². The van der Waals surface area contributed by atoms with Crippen molar-refractivity contribution in [3.05, 3.63) is 58.1 Å². The van der Waals surface area contributed by atoms with Crippen molar-refractivity contribution in [2.45, 2.75) is 39.7 Å². The average molecular weight is 436 g/mol. The summed E-state index contributed by atoms with van der Waals surface area (Å²) in [5.74, 6) is 6.56. The number of aryl methyl sites for hydroxylation is 1. The van der Waals surface area contributed by atoms with Gasteiger partial charge in [0.1, 0.15) is 12.4 Å². The van der Waals surface area contributed by atoms with Crippen LogP contribution in [0.25, 0.3) is 0 Å². The number of carbonyl (C=O) groups is 1. The molecule has 2 aromatic carbocycles. The molecule has 4 N–H and O–H groups in total. The van der Waals surface area contributed by atoms with Crippen LogP contribution in [-0.4, -0.2) is 37.6 Å². The van der Waals surface area contributed by atoms with Gasteiger partial charge < -0.3 is 15.5 Å². The van der Waals surface area contributed by atoms with E-state index in [0.717, 1.165) is 55.9 Å². The van der Waals surface area contributed by atoms with Gasteiger partial charge in [0.05, 0.1) is 12.6 Å². The Hall–Kier alpha value is -3.08. The molecule has 1 aliphatic rings. The molecule has 0 aromatic heterocycles. The van der Waals surface area contributed by atoms with Crippen molar-refractivity contribution < 1.29 is 9.53 Å². The Morgan fingerprint density at radius 3 is 2.59 bits per heavy atom. The van der Waals surface area contributed by atoms with Crippen molar-refractivity contribution in [2.24, 2.45) is 11.8 Å². The predicted molar refractivity (Wildman–Crippen MR) is 126 cm³/mol. The standard InChI is InChI=1S/C25H33N5O2/c1-18-13-22(14-20-3-5-23(29-27)6-4-20)19(2)24(25(18)32-12-9-28-17-31)16-30-10-7-21(15-26)8-11-30/h3-6,13,17,21,29H,7-12,14,16,27H2,1-2H3,(H,28,31). The molecule has 0 bridgehead atoms. The number of carbonyl (C=O) groups excluding carboxylic acids is 1. The molecule has 7 heteroatoms. The van der Waals surface area contributed by atoms with Gasteiger partial charge in [0.15, 0.2) is 0 Å². The number of nitrogens with two attached hydrogens (primary N) is 1. The summed E-state index contributed by atoms with van der Waals surface area (Å²) in [7, 11) is 0. The number of hydrogen-bond acceptors (Lipinski definition) is 6. The molecule has 1 heterocycles. The summed E-state index contributed by atoms with van der Waals surface area (Å²) < 4.78 is 6.15. The summed E-state index contributed by atoms with van der Waals surface area (Å²) in [5, 5.41) is 11.9. The van der Waals surface area contributed by atoms with Gasteiger partial charge in [0, 0.05) is 23.7 Å². The maximum absolute atomic E-state index is 10.6. The number of nitrogen functional groups attached to an aromatic ring is 1. The fourth-order valence-electron chi connectivity index (χ4n) is 4.27. The SMILES string of the molecule is Cc1cc(Cc2ccc(NN)cc2)c(C)c(CN2CCC(C#N)CC2)c1OCCNC=O. The van der Waals surface area contributed by atoms with Crippen molar-refractivity contribution in [3.8, 4) is 11.8 Å². The van der Waals surface area contributed by atoms with Gasteiger partial charge in [-0.15, -0.1) is 0 Å². The molecular formula is C25H33N5O2. The Bertz CT molecular complexity index is 944. The quantitative estimate of drug-likeness (QED) is 0.229. The van der Waals surface area contributed by atoms with Crippen molar-refractivity contribution in [1.29, 1.82) is 5.26 Å². The Balaban J connectivity index is 1.86. The van der Waals surface area contributed by atoms with Crippen molar-refractivity contribution in [3.63, 3.8) is 0 Å². The van der Waals surface area contributed by atoms with E-state index in [-0.39, 0.29) is 5.92 Å². The molecule has 1 fully saturated rings. The molecule has 0 radical (unpaired) electrons. The fourth-order valence-corrected chi connectivity index (χ4v) is 4.27. The molecule has 0 saturated carbocycles. The lowest BCUT2D eigenvalue weighted by Crippen LogP contribution is -2.33. The lowest BCUT2D eigenvalue weighted by Gasteiger charge is -2.31.